The third-order valence-electron chi connectivity index (χ3n) is 2.25. The number of rotatable bonds is 8. The molecule has 1 rings (SSSR count). The van der Waals surface area contributed by atoms with Gasteiger partial charge in [0.1, 0.15) is 0 Å². The molecule has 0 amide bonds. The fourth-order valence-electron chi connectivity index (χ4n) is 1.32. The molecular formula is C10H20N4O2S2. The van der Waals surface area contributed by atoms with Crippen LogP contribution in [0.5, 0.6) is 0 Å². The summed E-state index contributed by atoms with van der Waals surface area (Å²) in [6, 6.07) is 0.292. The van der Waals surface area contributed by atoms with E-state index in [4.69, 9.17) is 0 Å². The highest BCUT2D eigenvalue weighted by molar-refractivity contribution is 7.98. The summed E-state index contributed by atoms with van der Waals surface area (Å²) in [5.41, 5.74) is 0.653. The summed E-state index contributed by atoms with van der Waals surface area (Å²) < 4.78 is 26.6. The van der Waals surface area contributed by atoms with E-state index in [9.17, 15) is 8.42 Å². The van der Waals surface area contributed by atoms with Crippen LogP contribution in [0.15, 0.2) is 11.2 Å². The summed E-state index contributed by atoms with van der Waals surface area (Å²) in [6.45, 7) is 4.91. The lowest BCUT2D eigenvalue weighted by molar-refractivity contribution is 0.566. The fourth-order valence-corrected chi connectivity index (χ4v) is 2.92. The van der Waals surface area contributed by atoms with Crippen molar-refractivity contribution in [3.63, 3.8) is 0 Å². The molecule has 8 heteroatoms. The summed E-state index contributed by atoms with van der Waals surface area (Å²) in [5, 5.41) is 9.68. The molecule has 0 saturated carbocycles. The summed E-state index contributed by atoms with van der Waals surface area (Å²) in [6.07, 6.45) is 3.47. The SMILES string of the molecule is CSCCNS(=O)(=O)c1[nH]ncc1CNC(C)C. The molecule has 0 unspecified atom stereocenters. The molecule has 1 heterocycles. The first-order chi connectivity index (χ1) is 8.47. The minimum Gasteiger partial charge on any atom is -0.310 e. The summed E-state index contributed by atoms with van der Waals surface area (Å²) in [4.78, 5) is 0. The molecule has 1 aromatic heterocycles. The second-order valence-corrected chi connectivity index (χ2v) is 6.84. The van der Waals surface area contributed by atoms with Crippen molar-refractivity contribution in [1.82, 2.24) is 20.2 Å². The Bertz CT molecular complexity index is 456. The maximum Gasteiger partial charge on any atom is 0.257 e. The van der Waals surface area contributed by atoms with Crippen LogP contribution in [-0.4, -0.2) is 43.2 Å². The van der Waals surface area contributed by atoms with Gasteiger partial charge in [-0.25, -0.2) is 13.1 Å². The van der Waals surface area contributed by atoms with Crippen molar-refractivity contribution in [2.75, 3.05) is 18.6 Å². The van der Waals surface area contributed by atoms with Gasteiger partial charge in [0.2, 0.25) is 0 Å². The first kappa shape index (κ1) is 15.5. The Morgan fingerprint density at radius 2 is 2.22 bits per heavy atom. The van der Waals surface area contributed by atoms with Gasteiger partial charge in [-0.15, -0.1) is 0 Å². The smallest absolute Gasteiger partial charge is 0.257 e. The molecule has 0 spiro atoms. The highest BCUT2D eigenvalue weighted by Gasteiger charge is 2.20. The zero-order valence-corrected chi connectivity index (χ0v) is 12.5. The van der Waals surface area contributed by atoms with E-state index in [-0.39, 0.29) is 5.03 Å². The second kappa shape index (κ2) is 7.13. The molecule has 0 radical (unpaired) electrons. The lowest BCUT2D eigenvalue weighted by Gasteiger charge is -2.09. The van der Waals surface area contributed by atoms with Crippen LogP contribution in [0.2, 0.25) is 0 Å². The first-order valence-electron chi connectivity index (χ1n) is 5.71. The van der Waals surface area contributed by atoms with Crippen LogP contribution in [0.4, 0.5) is 0 Å². The Morgan fingerprint density at radius 1 is 1.50 bits per heavy atom. The molecule has 1 aromatic rings. The number of sulfonamides is 1. The van der Waals surface area contributed by atoms with Crippen LogP contribution in [0.3, 0.4) is 0 Å². The Morgan fingerprint density at radius 3 is 2.83 bits per heavy atom. The van der Waals surface area contributed by atoms with Gasteiger partial charge in [-0.05, 0) is 6.26 Å². The minimum absolute atomic E-state index is 0.150. The molecule has 0 aliphatic carbocycles. The Kier molecular flexibility index (Phi) is 6.13. The lowest BCUT2D eigenvalue weighted by atomic mass is 10.3. The van der Waals surface area contributed by atoms with Gasteiger partial charge in [0.15, 0.2) is 5.03 Å². The van der Waals surface area contributed by atoms with E-state index < -0.39 is 10.0 Å². The van der Waals surface area contributed by atoms with E-state index in [1.807, 2.05) is 20.1 Å². The average molecular weight is 292 g/mol. The van der Waals surface area contributed by atoms with Gasteiger partial charge in [0.25, 0.3) is 10.0 Å². The van der Waals surface area contributed by atoms with Crippen molar-refractivity contribution in [3.8, 4) is 0 Å². The molecule has 0 aliphatic rings. The molecule has 0 atom stereocenters. The number of hydrogen-bond acceptors (Lipinski definition) is 5. The van der Waals surface area contributed by atoms with Gasteiger partial charge < -0.3 is 5.32 Å². The van der Waals surface area contributed by atoms with E-state index in [2.05, 4.69) is 20.2 Å². The molecular weight excluding hydrogens is 272 g/mol. The molecule has 0 aliphatic heterocycles. The van der Waals surface area contributed by atoms with E-state index in [0.717, 1.165) is 5.75 Å². The number of thioether (sulfide) groups is 1. The number of aromatic nitrogens is 2. The quantitative estimate of drug-likeness (QED) is 0.609. The van der Waals surface area contributed by atoms with Crippen LogP contribution in [0, 0.1) is 0 Å². The number of H-pyrrole nitrogens is 1. The normalized spacial score (nSPS) is 12.2. The van der Waals surface area contributed by atoms with Crippen molar-refractivity contribution in [1.29, 1.82) is 0 Å². The number of nitrogens with zero attached hydrogens (tertiary/aromatic N) is 1. The second-order valence-electron chi connectivity index (χ2n) is 4.15. The lowest BCUT2D eigenvalue weighted by Crippen LogP contribution is -2.28. The van der Waals surface area contributed by atoms with Crippen LogP contribution >= 0.6 is 11.8 Å². The van der Waals surface area contributed by atoms with Crippen LogP contribution < -0.4 is 10.0 Å². The van der Waals surface area contributed by atoms with Gasteiger partial charge in [-0.2, -0.15) is 16.9 Å². The molecule has 104 valence electrons. The molecule has 0 saturated heterocycles. The highest BCUT2D eigenvalue weighted by atomic mass is 32.2. The molecule has 6 nitrogen and oxygen atoms in total. The standard InChI is InChI=1S/C10H20N4O2S2/c1-8(2)11-6-9-7-12-14-10(9)18(15,16)13-4-5-17-3/h7-8,11,13H,4-6H2,1-3H3,(H,12,14). The number of hydrogen-bond donors (Lipinski definition) is 3. The van der Waals surface area contributed by atoms with Gasteiger partial charge in [0, 0.05) is 30.4 Å². The summed E-state index contributed by atoms with van der Waals surface area (Å²) in [5.74, 6) is 0.743. The third kappa shape index (κ3) is 4.60. The van der Waals surface area contributed by atoms with Crippen LogP contribution in [0.1, 0.15) is 19.4 Å². The van der Waals surface area contributed by atoms with Crippen molar-refractivity contribution in [3.05, 3.63) is 11.8 Å². The zero-order valence-electron chi connectivity index (χ0n) is 10.9. The zero-order chi connectivity index (χ0) is 13.6. The Balaban J connectivity index is 2.73. The minimum atomic E-state index is -3.49. The summed E-state index contributed by atoms with van der Waals surface area (Å²) in [7, 11) is -3.49. The van der Waals surface area contributed by atoms with Gasteiger partial charge >= 0.3 is 0 Å². The summed E-state index contributed by atoms with van der Waals surface area (Å²) >= 11 is 1.59. The van der Waals surface area contributed by atoms with Gasteiger partial charge in [0.05, 0.1) is 6.20 Å². The highest BCUT2D eigenvalue weighted by Crippen LogP contribution is 2.11. The van der Waals surface area contributed by atoms with Crippen molar-refractivity contribution < 1.29 is 8.42 Å². The van der Waals surface area contributed by atoms with E-state index >= 15 is 0 Å². The Hall–Kier alpha value is -0.570. The predicted octanol–water partition coefficient (Wildman–Crippen LogP) is 0.549. The first-order valence-corrected chi connectivity index (χ1v) is 8.59. The predicted molar refractivity (Wildman–Crippen MR) is 74.1 cm³/mol. The maximum absolute atomic E-state index is 12.0. The number of aromatic amines is 1. The maximum atomic E-state index is 12.0. The molecule has 18 heavy (non-hydrogen) atoms. The molecule has 0 fully saturated rings. The third-order valence-corrected chi connectivity index (χ3v) is 4.33. The van der Waals surface area contributed by atoms with Crippen LogP contribution in [0.25, 0.3) is 0 Å². The largest absolute Gasteiger partial charge is 0.310 e. The van der Waals surface area contributed by atoms with E-state index in [1.54, 1.807) is 18.0 Å². The average Bonchev–Trinajstić information content (AvgIpc) is 2.75. The van der Waals surface area contributed by atoms with Crippen molar-refractivity contribution in [2.45, 2.75) is 31.5 Å². The van der Waals surface area contributed by atoms with E-state index in [0.29, 0.717) is 24.7 Å². The van der Waals surface area contributed by atoms with Gasteiger partial charge in [-0.1, -0.05) is 13.8 Å². The monoisotopic (exact) mass is 292 g/mol. The number of nitrogens with one attached hydrogen (secondary N) is 3. The van der Waals surface area contributed by atoms with E-state index in [1.165, 1.54) is 0 Å². The molecule has 0 aromatic carbocycles. The van der Waals surface area contributed by atoms with Crippen LogP contribution in [-0.2, 0) is 16.6 Å². The van der Waals surface area contributed by atoms with Crippen molar-refractivity contribution in [2.24, 2.45) is 0 Å². The molecule has 0 bridgehead atoms. The van der Waals surface area contributed by atoms with Gasteiger partial charge in [-0.3, -0.25) is 5.10 Å². The fraction of sp³-hybridized carbons (Fsp3) is 0.700. The van der Waals surface area contributed by atoms with Crippen molar-refractivity contribution >= 4 is 21.8 Å². The Labute approximate surface area is 112 Å². The topological polar surface area (TPSA) is 86.9 Å². The molecule has 3 N–H and O–H groups in total.